The first-order valence-corrected chi connectivity index (χ1v) is 7.98. The number of anilines is 1. The molecule has 122 valence electrons. The number of hydrogen-bond donors (Lipinski definition) is 1. The van der Waals surface area contributed by atoms with Crippen LogP contribution in [0.4, 0.5) is 5.82 Å². The zero-order valence-corrected chi connectivity index (χ0v) is 13.8. The predicted octanol–water partition coefficient (Wildman–Crippen LogP) is 3.89. The van der Waals surface area contributed by atoms with Gasteiger partial charge in [-0.15, -0.1) is 0 Å². The highest BCUT2D eigenvalue weighted by Gasteiger charge is 2.08. The molecule has 25 heavy (non-hydrogen) atoms. The van der Waals surface area contributed by atoms with Crippen molar-refractivity contribution >= 4 is 29.4 Å². The van der Waals surface area contributed by atoms with Crippen molar-refractivity contribution in [3.63, 3.8) is 0 Å². The number of nitrogens with one attached hydrogen (secondary N) is 1. The lowest BCUT2D eigenvalue weighted by Crippen LogP contribution is -2.02. The average molecular weight is 349 g/mol. The van der Waals surface area contributed by atoms with Gasteiger partial charge in [0.05, 0.1) is 11.9 Å². The van der Waals surface area contributed by atoms with Gasteiger partial charge >= 0.3 is 0 Å². The second kappa shape index (κ2) is 6.70. The van der Waals surface area contributed by atoms with Crippen LogP contribution in [0.25, 0.3) is 17.0 Å². The largest absolute Gasteiger partial charge is 0.261 e. The van der Waals surface area contributed by atoms with Crippen molar-refractivity contribution in [2.75, 3.05) is 5.43 Å². The summed E-state index contributed by atoms with van der Waals surface area (Å²) in [6.45, 7) is 0. The number of hydrazone groups is 1. The Morgan fingerprint density at radius 2 is 1.84 bits per heavy atom. The van der Waals surface area contributed by atoms with Crippen molar-refractivity contribution in [3.05, 3.63) is 77.6 Å². The summed E-state index contributed by atoms with van der Waals surface area (Å²) in [5.41, 5.74) is 5.73. The molecule has 2 aromatic carbocycles. The van der Waals surface area contributed by atoms with E-state index in [4.69, 9.17) is 11.6 Å². The third kappa shape index (κ3) is 3.34. The smallest absolute Gasteiger partial charge is 0.254 e. The maximum Gasteiger partial charge on any atom is 0.254 e. The van der Waals surface area contributed by atoms with Crippen LogP contribution in [-0.4, -0.2) is 25.8 Å². The Morgan fingerprint density at radius 3 is 2.64 bits per heavy atom. The van der Waals surface area contributed by atoms with E-state index in [-0.39, 0.29) is 0 Å². The molecule has 0 aliphatic heterocycles. The van der Waals surface area contributed by atoms with Gasteiger partial charge in [0, 0.05) is 16.7 Å². The Hall–Kier alpha value is -3.25. The molecule has 0 fully saturated rings. The van der Waals surface area contributed by atoms with E-state index < -0.39 is 0 Å². The van der Waals surface area contributed by atoms with Crippen molar-refractivity contribution in [1.29, 1.82) is 0 Å². The fourth-order valence-electron chi connectivity index (χ4n) is 2.37. The molecule has 0 saturated carbocycles. The molecule has 7 heteroatoms. The zero-order valence-electron chi connectivity index (χ0n) is 13.0. The Morgan fingerprint density at radius 1 is 1.04 bits per heavy atom. The van der Waals surface area contributed by atoms with Gasteiger partial charge in [-0.25, -0.2) is 4.98 Å². The maximum absolute atomic E-state index is 5.88. The van der Waals surface area contributed by atoms with Crippen LogP contribution in [0.15, 0.2) is 72.1 Å². The lowest BCUT2D eigenvalue weighted by molar-refractivity contribution is 0.938. The van der Waals surface area contributed by atoms with Crippen molar-refractivity contribution in [1.82, 2.24) is 19.6 Å². The van der Waals surface area contributed by atoms with Crippen molar-refractivity contribution in [2.24, 2.45) is 5.10 Å². The summed E-state index contributed by atoms with van der Waals surface area (Å²) in [6, 6.07) is 19.2. The molecule has 0 aliphatic rings. The second-order valence-electron chi connectivity index (χ2n) is 5.29. The molecule has 0 spiro atoms. The molecule has 0 amide bonds. The lowest BCUT2D eigenvalue weighted by atomic mass is 10.1. The SMILES string of the molecule is Clc1ccc(/C=N\Nc2cc(-c3ccccc3)nc3ncnn23)cc1. The second-order valence-corrected chi connectivity index (χ2v) is 5.72. The minimum absolute atomic E-state index is 0.505. The number of rotatable bonds is 4. The molecule has 0 bridgehead atoms. The van der Waals surface area contributed by atoms with Gasteiger partial charge in [-0.1, -0.05) is 54.1 Å². The van der Waals surface area contributed by atoms with Crippen LogP contribution < -0.4 is 5.43 Å². The minimum Gasteiger partial charge on any atom is -0.261 e. The van der Waals surface area contributed by atoms with E-state index in [1.165, 1.54) is 6.33 Å². The summed E-state index contributed by atoms with van der Waals surface area (Å²) < 4.78 is 1.60. The Labute approximate surface area is 148 Å². The molecular weight excluding hydrogens is 336 g/mol. The Balaban J connectivity index is 1.66. The summed E-state index contributed by atoms with van der Waals surface area (Å²) in [4.78, 5) is 8.70. The van der Waals surface area contributed by atoms with Crippen LogP contribution in [-0.2, 0) is 0 Å². The maximum atomic E-state index is 5.88. The number of hydrogen-bond acceptors (Lipinski definition) is 5. The third-order valence-electron chi connectivity index (χ3n) is 3.58. The molecule has 4 rings (SSSR count). The van der Waals surface area contributed by atoms with Crippen molar-refractivity contribution in [3.8, 4) is 11.3 Å². The molecule has 2 heterocycles. The summed E-state index contributed by atoms with van der Waals surface area (Å²) in [5.74, 6) is 1.18. The van der Waals surface area contributed by atoms with Crippen molar-refractivity contribution < 1.29 is 0 Å². The number of halogens is 1. The lowest BCUT2D eigenvalue weighted by Gasteiger charge is -2.06. The van der Waals surface area contributed by atoms with Crippen LogP contribution in [0.5, 0.6) is 0 Å². The van der Waals surface area contributed by atoms with Crippen LogP contribution in [0.1, 0.15) is 5.56 Å². The molecule has 6 nitrogen and oxygen atoms in total. The topological polar surface area (TPSA) is 67.5 Å². The fourth-order valence-corrected chi connectivity index (χ4v) is 2.50. The minimum atomic E-state index is 0.505. The number of fused-ring (bicyclic) bond motifs is 1. The van der Waals surface area contributed by atoms with E-state index in [2.05, 4.69) is 25.6 Å². The normalized spacial score (nSPS) is 11.2. The molecular formula is C18H13ClN6. The molecule has 2 aromatic heterocycles. The number of aromatic nitrogens is 4. The molecule has 0 aliphatic carbocycles. The van der Waals surface area contributed by atoms with E-state index in [0.29, 0.717) is 16.6 Å². The van der Waals surface area contributed by atoms with E-state index in [1.54, 1.807) is 10.7 Å². The highest BCUT2D eigenvalue weighted by molar-refractivity contribution is 6.30. The van der Waals surface area contributed by atoms with E-state index in [1.807, 2.05) is 60.7 Å². The van der Waals surface area contributed by atoms with Gasteiger partial charge < -0.3 is 0 Å². The van der Waals surface area contributed by atoms with Crippen LogP contribution in [0, 0.1) is 0 Å². The molecule has 0 radical (unpaired) electrons. The highest BCUT2D eigenvalue weighted by atomic mass is 35.5. The van der Waals surface area contributed by atoms with Gasteiger partial charge in [-0.2, -0.15) is 19.7 Å². The highest BCUT2D eigenvalue weighted by Crippen LogP contribution is 2.21. The van der Waals surface area contributed by atoms with Gasteiger partial charge in [-0.05, 0) is 17.7 Å². The van der Waals surface area contributed by atoms with E-state index in [0.717, 1.165) is 16.8 Å². The van der Waals surface area contributed by atoms with Gasteiger partial charge in [0.15, 0.2) is 5.82 Å². The fraction of sp³-hybridized carbons (Fsp3) is 0. The summed E-state index contributed by atoms with van der Waals surface area (Å²) >= 11 is 5.88. The molecule has 0 saturated heterocycles. The third-order valence-corrected chi connectivity index (χ3v) is 3.84. The number of benzene rings is 2. The average Bonchev–Trinajstić information content (AvgIpc) is 3.13. The molecule has 4 aromatic rings. The van der Waals surface area contributed by atoms with Gasteiger partial charge in [0.1, 0.15) is 6.33 Å². The molecule has 1 N–H and O–H groups in total. The van der Waals surface area contributed by atoms with Gasteiger partial charge in [0.2, 0.25) is 0 Å². The first-order chi connectivity index (χ1) is 12.3. The Bertz CT molecular complexity index is 1020. The van der Waals surface area contributed by atoms with E-state index in [9.17, 15) is 0 Å². The monoisotopic (exact) mass is 348 g/mol. The van der Waals surface area contributed by atoms with Crippen LogP contribution >= 0.6 is 11.6 Å². The summed E-state index contributed by atoms with van der Waals surface area (Å²) in [5, 5.41) is 9.14. The van der Waals surface area contributed by atoms with E-state index >= 15 is 0 Å². The van der Waals surface area contributed by atoms with Gasteiger partial charge in [0.25, 0.3) is 5.78 Å². The summed E-state index contributed by atoms with van der Waals surface area (Å²) in [7, 11) is 0. The number of nitrogens with zero attached hydrogens (tertiary/aromatic N) is 5. The van der Waals surface area contributed by atoms with Crippen molar-refractivity contribution in [2.45, 2.75) is 0 Å². The predicted molar refractivity (Wildman–Crippen MR) is 98.9 cm³/mol. The quantitative estimate of drug-likeness (QED) is 0.449. The van der Waals surface area contributed by atoms with Crippen LogP contribution in [0.3, 0.4) is 0 Å². The molecule has 0 unspecified atom stereocenters. The zero-order chi connectivity index (χ0) is 17.1. The first kappa shape index (κ1) is 15.3. The standard InChI is InChI=1S/C18H13ClN6/c19-15-8-6-13(7-9-15)11-21-24-17-10-16(14-4-2-1-3-5-14)23-18-20-12-22-25(17)18/h1-12,24H/b21-11-. The molecule has 0 atom stereocenters. The summed E-state index contributed by atoms with van der Waals surface area (Å²) in [6.07, 6.45) is 3.17. The first-order valence-electron chi connectivity index (χ1n) is 7.60. The Kier molecular flexibility index (Phi) is 4.10. The van der Waals surface area contributed by atoms with Crippen LogP contribution in [0.2, 0.25) is 5.02 Å². The van der Waals surface area contributed by atoms with Gasteiger partial charge in [-0.3, -0.25) is 5.43 Å².